The van der Waals surface area contributed by atoms with E-state index in [1.807, 2.05) is 25.1 Å². The highest BCUT2D eigenvalue weighted by Crippen LogP contribution is 2.28. The van der Waals surface area contributed by atoms with Crippen LogP contribution in [-0.2, 0) is 0 Å². The van der Waals surface area contributed by atoms with Crippen LogP contribution < -0.4 is 16.2 Å². The second kappa shape index (κ2) is 7.90. The lowest BCUT2D eigenvalue weighted by atomic mass is 10.0. The largest absolute Gasteiger partial charge is 0.494 e. The first kappa shape index (κ1) is 15.7. The Labute approximate surface area is 111 Å². The molecule has 4 N–H and O–H groups in total. The second-order valence-corrected chi connectivity index (χ2v) is 4.21. The molecule has 0 fully saturated rings. The fraction of sp³-hybridized carbons (Fsp3) is 0.455. The summed E-state index contributed by atoms with van der Waals surface area (Å²) in [6.07, 6.45) is 0.760. The number of benzene rings is 1. The summed E-state index contributed by atoms with van der Waals surface area (Å²) in [5, 5.41) is 0. The lowest BCUT2D eigenvalue weighted by molar-refractivity contribution is 0.333. The number of rotatable bonds is 5. The van der Waals surface area contributed by atoms with Crippen LogP contribution in [0.15, 0.2) is 22.7 Å². The Morgan fingerprint density at radius 1 is 1.44 bits per heavy atom. The van der Waals surface area contributed by atoms with Gasteiger partial charge < -0.3 is 16.2 Å². The molecule has 0 aromatic heterocycles. The molecule has 16 heavy (non-hydrogen) atoms. The summed E-state index contributed by atoms with van der Waals surface area (Å²) in [4.78, 5) is 0. The zero-order valence-corrected chi connectivity index (χ0v) is 11.7. The molecule has 0 amide bonds. The van der Waals surface area contributed by atoms with Crippen LogP contribution in [0.2, 0.25) is 0 Å². The van der Waals surface area contributed by atoms with Gasteiger partial charge in [0.2, 0.25) is 0 Å². The van der Waals surface area contributed by atoms with Gasteiger partial charge in [-0.1, -0.05) is 15.9 Å². The monoisotopic (exact) mass is 308 g/mol. The minimum atomic E-state index is -0.0611. The Balaban J connectivity index is 0.00000225. The van der Waals surface area contributed by atoms with E-state index < -0.39 is 0 Å². The van der Waals surface area contributed by atoms with Gasteiger partial charge in [-0.05, 0) is 38.1 Å². The zero-order valence-electron chi connectivity index (χ0n) is 9.28. The Hall–Kier alpha value is -0.290. The van der Waals surface area contributed by atoms with Crippen molar-refractivity contribution in [3.05, 3.63) is 28.2 Å². The summed E-state index contributed by atoms with van der Waals surface area (Å²) in [6, 6.07) is 5.81. The molecule has 0 heterocycles. The molecule has 3 nitrogen and oxygen atoms in total. The Kier molecular flexibility index (Phi) is 7.76. The number of ether oxygens (including phenoxy) is 1. The van der Waals surface area contributed by atoms with E-state index in [4.69, 9.17) is 16.2 Å². The van der Waals surface area contributed by atoms with Crippen LogP contribution in [-0.4, -0.2) is 13.2 Å². The maximum Gasteiger partial charge on any atom is 0.124 e. The third-order valence-electron chi connectivity index (χ3n) is 2.15. The molecule has 92 valence electrons. The summed E-state index contributed by atoms with van der Waals surface area (Å²) in [5.74, 6) is 0.849. The minimum Gasteiger partial charge on any atom is -0.494 e. The third-order valence-corrected chi connectivity index (χ3v) is 2.64. The van der Waals surface area contributed by atoms with Crippen molar-refractivity contribution in [3.8, 4) is 5.75 Å². The lowest BCUT2D eigenvalue weighted by Crippen LogP contribution is -2.16. The Morgan fingerprint density at radius 2 is 2.12 bits per heavy atom. The predicted molar refractivity (Wildman–Crippen MR) is 73.2 cm³/mol. The number of halogens is 2. The van der Waals surface area contributed by atoms with Crippen LogP contribution in [0.25, 0.3) is 0 Å². The van der Waals surface area contributed by atoms with Gasteiger partial charge in [0.1, 0.15) is 5.75 Å². The summed E-state index contributed by atoms with van der Waals surface area (Å²) in [6.45, 7) is 3.18. The maximum absolute atomic E-state index is 6.02. The summed E-state index contributed by atoms with van der Waals surface area (Å²) >= 11 is 3.42. The van der Waals surface area contributed by atoms with E-state index in [1.54, 1.807) is 0 Å². The first-order chi connectivity index (χ1) is 7.19. The maximum atomic E-state index is 6.02. The lowest BCUT2D eigenvalue weighted by Gasteiger charge is -2.16. The van der Waals surface area contributed by atoms with Gasteiger partial charge >= 0.3 is 0 Å². The van der Waals surface area contributed by atoms with E-state index >= 15 is 0 Å². The summed E-state index contributed by atoms with van der Waals surface area (Å²) < 4.78 is 6.53. The molecule has 1 atom stereocenters. The van der Waals surface area contributed by atoms with Crippen LogP contribution in [0.3, 0.4) is 0 Å². The molecule has 5 heteroatoms. The topological polar surface area (TPSA) is 61.3 Å². The average molecular weight is 310 g/mol. The summed E-state index contributed by atoms with van der Waals surface area (Å²) in [5.41, 5.74) is 12.5. The van der Waals surface area contributed by atoms with E-state index in [2.05, 4.69) is 15.9 Å². The molecule has 0 saturated heterocycles. The van der Waals surface area contributed by atoms with Crippen LogP contribution in [0.5, 0.6) is 5.75 Å². The van der Waals surface area contributed by atoms with Crippen LogP contribution in [0.1, 0.15) is 24.9 Å². The van der Waals surface area contributed by atoms with E-state index in [-0.39, 0.29) is 18.4 Å². The van der Waals surface area contributed by atoms with Crippen molar-refractivity contribution in [2.45, 2.75) is 19.4 Å². The quantitative estimate of drug-likeness (QED) is 0.879. The first-order valence-electron chi connectivity index (χ1n) is 5.07. The molecule has 0 radical (unpaired) electrons. The second-order valence-electron chi connectivity index (χ2n) is 3.30. The van der Waals surface area contributed by atoms with Gasteiger partial charge in [0.05, 0.1) is 6.61 Å². The average Bonchev–Trinajstić information content (AvgIpc) is 2.21. The molecule has 0 aliphatic carbocycles. The predicted octanol–water partition coefficient (Wildman–Crippen LogP) is 2.62. The highest BCUT2D eigenvalue weighted by molar-refractivity contribution is 9.10. The number of hydrogen-bond acceptors (Lipinski definition) is 3. The van der Waals surface area contributed by atoms with Gasteiger partial charge in [0.15, 0.2) is 0 Å². The van der Waals surface area contributed by atoms with Crippen molar-refractivity contribution in [2.24, 2.45) is 11.5 Å². The first-order valence-corrected chi connectivity index (χ1v) is 5.86. The van der Waals surface area contributed by atoms with Gasteiger partial charge in [-0.3, -0.25) is 0 Å². The van der Waals surface area contributed by atoms with Gasteiger partial charge in [0, 0.05) is 16.1 Å². The fourth-order valence-corrected chi connectivity index (χ4v) is 1.81. The third kappa shape index (κ3) is 4.29. The van der Waals surface area contributed by atoms with Crippen molar-refractivity contribution >= 4 is 28.3 Å². The van der Waals surface area contributed by atoms with E-state index in [1.165, 1.54) is 0 Å². The summed E-state index contributed by atoms with van der Waals surface area (Å²) in [7, 11) is 0. The molecule has 0 saturated carbocycles. The number of hydrogen-bond donors (Lipinski definition) is 2. The highest BCUT2D eigenvalue weighted by Gasteiger charge is 2.11. The van der Waals surface area contributed by atoms with Gasteiger partial charge in [0.25, 0.3) is 0 Å². The van der Waals surface area contributed by atoms with E-state index in [9.17, 15) is 0 Å². The SMILES string of the molecule is CCOc1ccc(Br)cc1[C@@H](N)CCN.Cl. The molecule has 0 spiro atoms. The fourth-order valence-electron chi connectivity index (χ4n) is 1.43. The standard InChI is InChI=1S/C11H17BrN2O.ClH/c1-2-15-11-4-3-8(12)7-9(11)10(14)5-6-13;/h3-4,7,10H,2,5-6,13-14H2,1H3;1H/t10-;/m0./s1. The molecule has 1 aromatic rings. The van der Waals surface area contributed by atoms with Gasteiger partial charge in [-0.25, -0.2) is 0 Å². The highest BCUT2D eigenvalue weighted by atomic mass is 79.9. The number of nitrogens with two attached hydrogens (primary N) is 2. The van der Waals surface area contributed by atoms with Crippen LogP contribution in [0.4, 0.5) is 0 Å². The van der Waals surface area contributed by atoms with Crippen molar-refractivity contribution in [2.75, 3.05) is 13.2 Å². The van der Waals surface area contributed by atoms with Crippen molar-refractivity contribution in [3.63, 3.8) is 0 Å². The van der Waals surface area contributed by atoms with E-state index in [0.29, 0.717) is 13.2 Å². The smallest absolute Gasteiger partial charge is 0.124 e. The molecule has 1 rings (SSSR count). The zero-order chi connectivity index (χ0) is 11.3. The molecular weight excluding hydrogens is 291 g/mol. The normalized spacial score (nSPS) is 11.8. The van der Waals surface area contributed by atoms with Crippen molar-refractivity contribution < 1.29 is 4.74 Å². The molecule has 0 bridgehead atoms. The Bertz CT molecular complexity index is 323. The minimum absolute atomic E-state index is 0. The van der Waals surface area contributed by atoms with Crippen molar-refractivity contribution in [1.29, 1.82) is 0 Å². The van der Waals surface area contributed by atoms with Gasteiger partial charge in [-0.2, -0.15) is 0 Å². The molecular formula is C11H18BrClN2O. The van der Waals surface area contributed by atoms with Crippen LogP contribution >= 0.6 is 28.3 Å². The molecule has 0 unspecified atom stereocenters. The molecule has 1 aromatic carbocycles. The van der Waals surface area contributed by atoms with Crippen LogP contribution in [0, 0.1) is 0 Å². The van der Waals surface area contributed by atoms with Gasteiger partial charge in [-0.15, -0.1) is 12.4 Å². The Morgan fingerprint density at radius 3 is 2.69 bits per heavy atom. The van der Waals surface area contributed by atoms with E-state index in [0.717, 1.165) is 22.2 Å². The molecule has 0 aliphatic rings. The molecule has 0 aliphatic heterocycles. The van der Waals surface area contributed by atoms with Crippen molar-refractivity contribution in [1.82, 2.24) is 0 Å².